The SMILES string of the molecule is BrCC(Br)COCC(Br)CBr.Oc1cc(Br)c(Br)c(Br)c1Br.Oc1ccccc1. The summed E-state index contributed by atoms with van der Waals surface area (Å²) in [5.74, 6) is 0.523. The van der Waals surface area contributed by atoms with Gasteiger partial charge in [-0.05, 0) is 81.9 Å². The molecule has 0 heterocycles. The van der Waals surface area contributed by atoms with Crippen LogP contribution in [0.1, 0.15) is 0 Å². The molecular formula is C18H18Br8O3. The summed E-state index contributed by atoms with van der Waals surface area (Å²) in [6.07, 6.45) is 0. The lowest BCUT2D eigenvalue weighted by atomic mass is 10.3. The van der Waals surface area contributed by atoms with Gasteiger partial charge < -0.3 is 14.9 Å². The van der Waals surface area contributed by atoms with Gasteiger partial charge >= 0.3 is 0 Å². The van der Waals surface area contributed by atoms with E-state index in [4.69, 9.17) is 9.84 Å². The summed E-state index contributed by atoms with van der Waals surface area (Å²) < 4.78 is 8.51. The van der Waals surface area contributed by atoms with Crippen molar-refractivity contribution < 1.29 is 14.9 Å². The Hall–Kier alpha value is 1.84. The van der Waals surface area contributed by atoms with E-state index in [0.717, 1.165) is 37.3 Å². The predicted molar refractivity (Wildman–Crippen MR) is 151 cm³/mol. The number of hydrogen-bond acceptors (Lipinski definition) is 3. The van der Waals surface area contributed by atoms with Gasteiger partial charge in [0.15, 0.2) is 0 Å². The minimum atomic E-state index is 0.201. The Bertz CT molecular complexity index is 667. The Balaban J connectivity index is 0.000000416. The van der Waals surface area contributed by atoms with Gasteiger partial charge in [0.2, 0.25) is 0 Å². The van der Waals surface area contributed by atoms with Gasteiger partial charge in [0.05, 0.1) is 22.2 Å². The lowest BCUT2D eigenvalue weighted by Crippen LogP contribution is -2.16. The Kier molecular flexibility index (Phi) is 19.4. The molecule has 29 heavy (non-hydrogen) atoms. The lowest BCUT2D eigenvalue weighted by molar-refractivity contribution is 0.145. The van der Waals surface area contributed by atoms with Crippen LogP contribution in [-0.2, 0) is 4.74 Å². The zero-order valence-electron chi connectivity index (χ0n) is 14.8. The molecular weight excluding hydrogens is 903 g/mol. The fourth-order valence-electron chi connectivity index (χ4n) is 1.40. The second-order valence-electron chi connectivity index (χ2n) is 5.20. The van der Waals surface area contributed by atoms with E-state index in [1.165, 1.54) is 0 Å². The molecule has 2 atom stereocenters. The highest BCUT2D eigenvalue weighted by Gasteiger charge is 2.10. The highest BCUT2D eigenvalue weighted by molar-refractivity contribution is 9.15. The Morgan fingerprint density at radius 3 is 1.62 bits per heavy atom. The van der Waals surface area contributed by atoms with E-state index in [9.17, 15) is 5.11 Å². The second kappa shape index (κ2) is 18.3. The molecule has 2 unspecified atom stereocenters. The number of alkyl halides is 4. The van der Waals surface area contributed by atoms with E-state index in [-0.39, 0.29) is 5.75 Å². The number of rotatable bonds is 6. The van der Waals surface area contributed by atoms with Crippen LogP contribution in [0.3, 0.4) is 0 Å². The summed E-state index contributed by atoms with van der Waals surface area (Å²) in [5.41, 5.74) is 0. The van der Waals surface area contributed by atoms with Crippen LogP contribution in [0.5, 0.6) is 11.5 Å². The van der Waals surface area contributed by atoms with E-state index in [1.807, 2.05) is 6.07 Å². The van der Waals surface area contributed by atoms with Crippen LogP contribution in [-0.4, -0.2) is 43.7 Å². The highest BCUT2D eigenvalue weighted by Crippen LogP contribution is 2.41. The van der Waals surface area contributed by atoms with Crippen molar-refractivity contribution in [2.24, 2.45) is 0 Å². The maximum Gasteiger partial charge on any atom is 0.132 e. The number of benzene rings is 2. The van der Waals surface area contributed by atoms with Crippen LogP contribution in [0, 0.1) is 0 Å². The Morgan fingerprint density at radius 1 is 0.759 bits per heavy atom. The number of para-hydroxylation sites is 1. The standard InChI is InChI=1S/C6H2Br4O.C6H10Br4O.C6H6O/c7-2-1-3(11)5(9)6(10)4(2)8;7-1-5(9)3-11-4-6(10)2-8;7-6-4-2-1-3-5-6/h1,11H;5-6H,1-4H2;1-5,7H. The van der Waals surface area contributed by atoms with Crippen molar-refractivity contribution in [3.8, 4) is 11.5 Å². The van der Waals surface area contributed by atoms with Gasteiger partial charge in [0.25, 0.3) is 0 Å². The summed E-state index contributed by atoms with van der Waals surface area (Å²) in [5, 5.41) is 19.8. The van der Waals surface area contributed by atoms with Crippen LogP contribution >= 0.6 is 127 Å². The molecule has 2 aromatic rings. The summed E-state index contributed by atoms with van der Waals surface area (Å²) >= 11 is 26.7. The zero-order valence-corrected chi connectivity index (χ0v) is 27.5. The molecule has 0 spiro atoms. The minimum Gasteiger partial charge on any atom is -0.508 e. The molecule has 0 aliphatic rings. The van der Waals surface area contributed by atoms with Gasteiger partial charge in [-0.15, -0.1) is 0 Å². The first kappa shape index (κ1) is 30.8. The molecule has 0 saturated carbocycles. The molecule has 3 nitrogen and oxygen atoms in total. The monoisotopic (exact) mass is 913 g/mol. The average molecular weight is 922 g/mol. The molecule has 0 aromatic heterocycles. The van der Waals surface area contributed by atoms with Gasteiger partial charge in [0.1, 0.15) is 11.5 Å². The van der Waals surface area contributed by atoms with Gasteiger partial charge in [-0.3, -0.25) is 0 Å². The van der Waals surface area contributed by atoms with E-state index < -0.39 is 0 Å². The van der Waals surface area contributed by atoms with Crippen molar-refractivity contribution in [2.45, 2.75) is 9.65 Å². The van der Waals surface area contributed by atoms with Crippen molar-refractivity contribution in [1.29, 1.82) is 0 Å². The maximum absolute atomic E-state index is 9.28. The molecule has 0 aliphatic heterocycles. The third-order valence-corrected chi connectivity index (χ3v) is 11.9. The average Bonchev–Trinajstić information content (AvgIpc) is 2.72. The molecule has 11 heteroatoms. The van der Waals surface area contributed by atoms with Crippen LogP contribution in [0.2, 0.25) is 0 Å². The van der Waals surface area contributed by atoms with Crippen molar-refractivity contribution in [2.75, 3.05) is 23.9 Å². The largest absolute Gasteiger partial charge is 0.508 e. The molecule has 0 fully saturated rings. The van der Waals surface area contributed by atoms with Crippen molar-refractivity contribution in [1.82, 2.24) is 0 Å². The van der Waals surface area contributed by atoms with E-state index in [0.29, 0.717) is 19.9 Å². The number of phenols is 2. The number of hydrogen-bond donors (Lipinski definition) is 2. The summed E-state index contributed by atoms with van der Waals surface area (Å²) in [6.45, 7) is 1.50. The smallest absolute Gasteiger partial charge is 0.132 e. The molecule has 0 radical (unpaired) electrons. The van der Waals surface area contributed by atoms with Crippen molar-refractivity contribution in [3.63, 3.8) is 0 Å². The summed E-state index contributed by atoms with van der Waals surface area (Å²) in [4.78, 5) is 0.829. The highest BCUT2D eigenvalue weighted by atomic mass is 79.9. The molecule has 0 saturated heterocycles. The summed E-state index contributed by atoms with van der Waals surface area (Å²) in [6, 6.07) is 10.3. The third-order valence-electron chi connectivity index (χ3n) is 2.77. The van der Waals surface area contributed by atoms with Crippen LogP contribution in [0.4, 0.5) is 0 Å². The van der Waals surface area contributed by atoms with E-state index in [1.54, 1.807) is 30.3 Å². The summed E-state index contributed by atoms with van der Waals surface area (Å²) in [7, 11) is 0. The van der Waals surface area contributed by atoms with Gasteiger partial charge in [-0.25, -0.2) is 0 Å². The molecule has 0 amide bonds. The van der Waals surface area contributed by atoms with Gasteiger partial charge in [-0.1, -0.05) is 81.9 Å². The number of aromatic hydroxyl groups is 2. The first-order chi connectivity index (χ1) is 13.6. The first-order valence-corrected chi connectivity index (χ1v) is 15.1. The van der Waals surface area contributed by atoms with Gasteiger partial charge in [-0.2, -0.15) is 0 Å². The second-order valence-corrected chi connectivity index (χ2v) is 12.3. The number of phenolic OH excluding ortho intramolecular Hbond substituents is 2. The quantitative estimate of drug-likeness (QED) is 0.173. The zero-order chi connectivity index (χ0) is 22.4. The minimum absolute atomic E-state index is 0.201. The topological polar surface area (TPSA) is 49.7 Å². The van der Waals surface area contributed by atoms with E-state index >= 15 is 0 Å². The molecule has 0 bridgehead atoms. The first-order valence-electron chi connectivity index (χ1n) is 7.87. The lowest BCUT2D eigenvalue weighted by Gasteiger charge is -2.09. The Labute approximate surface area is 238 Å². The maximum atomic E-state index is 9.28. The van der Waals surface area contributed by atoms with Crippen LogP contribution < -0.4 is 0 Å². The van der Waals surface area contributed by atoms with Crippen molar-refractivity contribution >= 4 is 127 Å². The normalized spacial score (nSPS) is 12.1. The van der Waals surface area contributed by atoms with Crippen molar-refractivity contribution in [3.05, 3.63) is 54.3 Å². The molecule has 2 aromatic carbocycles. The van der Waals surface area contributed by atoms with E-state index in [2.05, 4.69) is 127 Å². The number of ether oxygens (including phenoxy) is 1. The van der Waals surface area contributed by atoms with Crippen LogP contribution in [0.25, 0.3) is 0 Å². The molecule has 164 valence electrons. The van der Waals surface area contributed by atoms with Crippen LogP contribution in [0.15, 0.2) is 54.3 Å². The molecule has 2 rings (SSSR count). The Morgan fingerprint density at radius 2 is 1.24 bits per heavy atom. The molecule has 2 N–H and O–H groups in total. The fraction of sp³-hybridized carbons (Fsp3) is 0.333. The van der Waals surface area contributed by atoms with Gasteiger partial charge in [0, 0.05) is 29.3 Å². The fourth-order valence-corrected chi connectivity index (χ4v) is 4.14. The predicted octanol–water partition coefficient (Wildman–Crippen LogP) is 9.15. The number of halogens is 8. The third kappa shape index (κ3) is 14.6. The molecule has 0 aliphatic carbocycles.